The molecular weight excluding hydrogens is 156 g/mol. The summed E-state index contributed by atoms with van der Waals surface area (Å²) in [6.45, 7) is 0. The van der Waals surface area contributed by atoms with Crippen molar-refractivity contribution in [2.75, 3.05) is 5.75 Å². The van der Waals surface area contributed by atoms with Gasteiger partial charge in [0.1, 0.15) is 0 Å². The monoisotopic (exact) mass is 164 g/mol. The van der Waals surface area contributed by atoms with Gasteiger partial charge in [0.05, 0.1) is 0 Å². The van der Waals surface area contributed by atoms with Crippen molar-refractivity contribution in [2.24, 2.45) is 0 Å². The SMILES string of the molecule is O=C(Cl)CCSC1CC1. The molecule has 3 heteroatoms. The van der Waals surface area contributed by atoms with Crippen molar-refractivity contribution < 1.29 is 4.79 Å². The van der Waals surface area contributed by atoms with Crippen LogP contribution < -0.4 is 0 Å². The van der Waals surface area contributed by atoms with Crippen LogP contribution in [-0.2, 0) is 4.79 Å². The summed E-state index contributed by atoms with van der Waals surface area (Å²) in [4.78, 5) is 10.2. The third-order valence-corrected chi connectivity index (χ3v) is 2.75. The maximum atomic E-state index is 10.2. The Morgan fingerprint density at radius 1 is 1.67 bits per heavy atom. The summed E-state index contributed by atoms with van der Waals surface area (Å²) in [7, 11) is 0. The minimum absolute atomic E-state index is 0.205. The molecule has 1 fully saturated rings. The topological polar surface area (TPSA) is 17.1 Å². The number of thioether (sulfide) groups is 1. The van der Waals surface area contributed by atoms with Gasteiger partial charge in [0.25, 0.3) is 0 Å². The van der Waals surface area contributed by atoms with Crippen LogP contribution in [0.25, 0.3) is 0 Å². The Bertz CT molecular complexity index is 112. The average Bonchev–Trinajstić information content (AvgIpc) is 2.48. The highest BCUT2D eigenvalue weighted by Crippen LogP contribution is 2.34. The molecule has 0 spiro atoms. The predicted octanol–water partition coefficient (Wildman–Crippen LogP) is 2.04. The Balaban J connectivity index is 1.86. The zero-order valence-corrected chi connectivity index (χ0v) is 6.67. The van der Waals surface area contributed by atoms with Gasteiger partial charge in [-0.05, 0) is 24.4 Å². The standard InChI is InChI=1S/C6H9ClOS/c7-6(8)3-4-9-5-1-2-5/h5H,1-4H2. The molecule has 0 radical (unpaired) electrons. The largest absolute Gasteiger partial charge is 0.281 e. The minimum atomic E-state index is -0.205. The van der Waals surface area contributed by atoms with Crippen molar-refractivity contribution in [1.29, 1.82) is 0 Å². The molecular formula is C6H9ClOS. The molecule has 52 valence electrons. The fourth-order valence-electron chi connectivity index (χ4n) is 0.541. The van der Waals surface area contributed by atoms with E-state index in [1.165, 1.54) is 12.8 Å². The van der Waals surface area contributed by atoms with Crippen LogP contribution in [0.3, 0.4) is 0 Å². The fraction of sp³-hybridized carbons (Fsp3) is 0.833. The van der Waals surface area contributed by atoms with Crippen LogP contribution in [0.15, 0.2) is 0 Å². The van der Waals surface area contributed by atoms with Crippen LogP contribution >= 0.6 is 23.4 Å². The van der Waals surface area contributed by atoms with Gasteiger partial charge in [-0.15, -0.1) is 0 Å². The van der Waals surface area contributed by atoms with Crippen LogP contribution in [0.4, 0.5) is 0 Å². The quantitative estimate of drug-likeness (QED) is 0.592. The Hall–Kier alpha value is 0.310. The molecule has 1 aliphatic carbocycles. The highest BCUT2D eigenvalue weighted by Gasteiger charge is 2.21. The summed E-state index contributed by atoms with van der Waals surface area (Å²) in [5, 5.41) is 0.643. The van der Waals surface area contributed by atoms with Crippen molar-refractivity contribution in [3.63, 3.8) is 0 Å². The first-order valence-electron chi connectivity index (χ1n) is 3.09. The lowest BCUT2D eigenvalue weighted by Gasteiger charge is -1.91. The maximum Gasteiger partial charge on any atom is 0.222 e. The minimum Gasteiger partial charge on any atom is -0.281 e. The zero-order chi connectivity index (χ0) is 6.69. The van der Waals surface area contributed by atoms with Crippen LogP contribution in [0.2, 0.25) is 0 Å². The molecule has 0 aromatic carbocycles. The van der Waals surface area contributed by atoms with E-state index < -0.39 is 0 Å². The van der Waals surface area contributed by atoms with Crippen molar-refractivity contribution >= 4 is 28.6 Å². The van der Waals surface area contributed by atoms with E-state index in [1.807, 2.05) is 11.8 Å². The molecule has 1 saturated carbocycles. The van der Waals surface area contributed by atoms with Crippen LogP contribution in [0.5, 0.6) is 0 Å². The van der Waals surface area contributed by atoms with Crippen LogP contribution in [-0.4, -0.2) is 16.2 Å². The Morgan fingerprint density at radius 3 is 2.78 bits per heavy atom. The second-order valence-corrected chi connectivity index (χ2v) is 4.01. The number of halogens is 1. The maximum absolute atomic E-state index is 10.2. The van der Waals surface area contributed by atoms with Gasteiger partial charge in [-0.3, -0.25) is 4.79 Å². The van der Waals surface area contributed by atoms with Gasteiger partial charge in [-0.1, -0.05) is 0 Å². The number of hydrogen-bond acceptors (Lipinski definition) is 2. The lowest BCUT2D eigenvalue weighted by atomic mass is 10.6. The molecule has 0 unspecified atom stereocenters. The second kappa shape index (κ2) is 3.47. The van der Waals surface area contributed by atoms with Crippen molar-refractivity contribution in [3.8, 4) is 0 Å². The molecule has 0 aromatic heterocycles. The molecule has 9 heavy (non-hydrogen) atoms. The highest BCUT2D eigenvalue weighted by atomic mass is 35.5. The fourth-order valence-corrected chi connectivity index (χ4v) is 1.85. The van der Waals surface area contributed by atoms with Crippen molar-refractivity contribution in [1.82, 2.24) is 0 Å². The van der Waals surface area contributed by atoms with E-state index >= 15 is 0 Å². The molecule has 0 heterocycles. The van der Waals surface area contributed by atoms with Crippen LogP contribution in [0, 0.1) is 0 Å². The normalized spacial score (nSPS) is 17.9. The summed E-state index contributed by atoms with van der Waals surface area (Å²) >= 11 is 6.99. The lowest BCUT2D eigenvalue weighted by Crippen LogP contribution is -1.89. The van der Waals surface area contributed by atoms with Gasteiger partial charge in [0.15, 0.2) is 0 Å². The summed E-state index contributed by atoms with van der Waals surface area (Å²) in [5.74, 6) is 0.910. The van der Waals surface area contributed by atoms with E-state index in [9.17, 15) is 4.79 Å². The lowest BCUT2D eigenvalue weighted by molar-refractivity contribution is -0.111. The average molecular weight is 165 g/mol. The third-order valence-electron chi connectivity index (χ3n) is 1.18. The van der Waals surface area contributed by atoms with Gasteiger partial charge in [0, 0.05) is 17.4 Å². The van der Waals surface area contributed by atoms with Crippen LogP contribution in [0.1, 0.15) is 19.3 Å². The van der Waals surface area contributed by atoms with Crippen molar-refractivity contribution in [2.45, 2.75) is 24.5 Å². The van der Waals surface area contributed by atoms with E-state index in [4.69, 9.17) is 11.6 Å². The number of carbonyl (C=O) groups excluding carboxylic acids is 1. The van der Waals surface area contributed by atoms with E-state index in [0.717, 1.165) is 11.0 Å². The zero-order valence-electron chi connectivity index (χ0n) is 5.10. The molecule has 0 N–H and O–H groups in total. The Labute approximate surface area is 64.1 Å². The Morgan fingerprint density at radius 2 is 2.33 bits per heavy atom. The molecule has 0 aromatic rings. The first-order valence-corrected chi connectivity index (χ1v) is 4.51. The summed E-state index contributed by atoms with van der Waals surface area (Å²) in [6.07, 6.45) is 3.20. The molecule has 1 aliphatic rings. The summed E-state index contributed by atoms with van der Waals surface area (Å²) in [6, 6.07) is 0. The predicted molar refractivity (Wildman–Crippen MR) is 41.0 cm³/mol. The van der Waals surface area contributed by atoms with Gasteiger partial charge in [-0.25, -0.2) is 0 Å². The smallest absolute Gasteiger partial charge is 0.222 e. The summed E-state index contributed by atoms with van der Waals surface area (Å²) in [5.41, 5.74) is 0. The first kappa shape index (κ1) is 7.42. The van der Waals surface area contributed by atoms with Gasteiger partial charge < -0.3 is 0 Å². The molecule has 1 nitrogen and oxygen atoms in total. The van der Waals surface area contributed by atoms with Gasteiger partial charge in [-0.2, -0.15) is 11.8 Å². The molecule has 1 rings (SSSR count). The van der Waals surface area contributed by atoms with E-state index in [0.29, 0.717) is 6.42 Å². The van der Waals surface area contributed by atoms with Crippen molar-refractivity contribution in [3.05, 3.63) is 0 Å². The number of rotatable bonds is 4. The van der Waals surface area contributed by atoms with E-state index in [-0.39, 0.29) is 5.24 Å². The molecule has 0 atom stereocenters. The number of carbonyl (C=O) groups is 1. The van der Waals surface area contributed by atoms with E-state index in [2.05, 4.69) is 0 Å². The first-order chi connectivity index (χ1) is 4.29. The third kappa shape index (κ3) is 3.82. The molecule has 0 saturated heterocycles. The second-order valence-electron chi connectivity index (χ2n) is 2.18. The highest BCUT2D eigenvalue weighted by molar-refractivity contribution is 8.00. The van der Waals surface area contributed by atoms with Gasteiger partial charge >= 0.3 is 0 Å². The Kier molecular flexibility index (Phi) is 2.86. The van der Waals surface area contributed by atoms with Gasteiger partial charge in [0.2, 0.25) is 5.24 Å². The summed E-state index contributed by atoms with van der Waals surface area (Å²) < 4.78 is 0. The molecule has 0 aliphatic heterocycles. The molecule has 0 bridgehead atoms. The number of hydrogen-bond donors (Lipinski definition) is 0. The van der Waals surface area contributed by atoms with E-state index in [1.54, 1.807) is 0 Å². The molecule has 0 amide bonds.